The third kappa shape index (κ3) is 3.29. The molecule has 2 fully saturated rings. The van der Waals surface area contributed by atoms with Gasteiger partial charge in [-0.05, 0) is 50.6 Å². The van der Waals surface area contributed by atoms with Gasteiger partial charge in [0.15, 0.2) is 0 Å². The highest BCUT2D eigenvalue weighted by Crippen LogP contribution is 2.28. The second-order valence-electron chi connectivity index (χ2n) is 6.45. The zero-order chi connectivity index (χ0) is 14.7. The summed E-state index contributed by atoms with van der Waals surface area (Å²) in [4.78, 5) is 17.1. The predicted octanol–water partition coefficient (Wildman–Crippen LogP) is 2.88. The number of carbonyl (C=O) groups excluding carboxylic acids is 1. The molecule has 0 aromatic heterocycles. The van der Waals surface area contributed by atoms with Crippen molar-refractivity contribution in [3.8, 4) is 0 Å². The van der Waals surface area contributed by atoms with Gasteiger partial charge in [-0.1, -0.05) is 30.3 Å². The Labute approximate surface area is 127 Å². The molecule has 21 heavy (non-hydrogen) atoms. The fraction of sp³-hybridized carbons (Fsp3) is 0.611. The number of carbonyl (C=O) groups is 1. The fourth-order valence-electron chi connectivity index (χ4n) is 3.67. The Morgan fingerprint density at radius 1 is 1.10 bits per heavy atom. The van der Waals surface area contributed by atoms with E-state index in [0.717, 1.165) is 26.2 Å². The van der Waals surface area contributed by atoms with E-state index in [4.69, 9.17) is 0 Å². The molecule has 0 spiro atoms. The largest absolute Gasteiger partial charge is 0.341 e. The molecule has 2 heterocycles. The van der Waals surface area contributed by atoms with E-state index in [1.54, 1.807) is 0 Å². The number of benzene rings is 1. The SMILES string of the molecule is C[C@H](C(=O)N1CCCCC1)N1CC[C@@H](c2ccccc2)C1. The van der Waals surface area contributed by atoms with Gasteiger partial charge in [0.2, 0.25) is 5.91 Å². The number of piperidine rings is 1. The molecule has 3 heteroatoms. The zero-order valence-electron chi connectivity index (χ0n) is 13.0. The highest BCUT2D eigenvalue weighted by molar-refractivity contribution is 5.81. The quantitative estimate of drug-likeness (QED) is 0.853. The fourth-order valence-corrected chi connectivity index (χ4v) is 3.67. The third-order valence-corrected chi connectivity index (χ3v) is 5.06. The molecule has 1 aromatic rings. The van der Waals surface area contributed by atoms with Gasteiger partial charge in [-0.3, -0.25) is 9.69 Å². The minimum Gasteiger partial charge on any atom is -0.341 e. The van der Waals surface area contributed by atoms with E-state index >= 15 is 0 Å². The first kappa shape index (κ1) is 14.6. The molecule has 3 nitrogen and oxygen atoms in total. The van der Waals surface area contributed by atoms with Crippen molar-refractivity contribution in [3.63, 3.8) is 0 Å². The molecule has 2 atom stereocenters. The van der Waals surface area contributed by atoms with Crippen molar-refractivity contribution in [2.24, 2.45) is 0 Å². The lowest BCUT2D eigenvalue weighted by Crippen LogP contribution is -2.47. The summed E-state index contributed by atoms with van der Waals surface area (Å²) < 4.78 is 0. The van der Waals surface area contributed by atoms with E-state index in [-0.39, 0.29) is 6.04 Å². The Hall–Kier alpha value is -1.35. The molecule has 1 amide bonds. The van der Waals surface area contributed by atoms with Crippen LogP contribution < -0.4 is 0 Å². The van der Waals surface area contributed by atoms with Crippen LogP contribution in [0.4, 0.5) is 0 Å². The first-order chi connectivity index (χ1) is 10.3. The summed E-state index contributed by atoms with van der Waals surface area (Å²) in [6, 6.07) is 10.8. The Kier molecular flexibility index (Phi) is 4.59. The van der Waals surface area contributed by atoms with Crippen LogP contribution in [0.25, 0.3) is 0 Å². The molecule has 0 radical (unpaired) electrons. The van der Waals surface area contributed by atoms with Crippen molar-refractivity contribution >= 4 is 5.91 Å². The lowest BCUT2D eigenvalue weighted by atomic mass is 9.99. The molecular weight excluding hydrogens is 260 g/mol. The van der Waals surface area contributed by atoms with Crippen LogP contribution in [0.5, 0.6) is 0 Å². The summed E-state index contributed by atoms with van der Waals surface area (Å²) >= 11 is 0. The third-order valence-electron chi connectivity index (χ3n) is 5.06. The van der Waals surface area contributed by atoms with Gasteiger partial charge in [0.1, 0.15) is 0 Å². The van der Waals surface area contributed by atoms with Gasteiger partial charge in [-0.25, -0.2) is 0 Å². The van der Waals surface area contributed by atoms with Gasteiger partial charge < -0.3 is 4.90 Å². The summed E-state index contributed by atoms with van der Waals surface area (Å²) in [5.74, 6) is 0.922. The van der Waals surface area contributed by atoms with E-state index in [1.165, 1.54) is 31.2 Å². The first-order valence-corrected chi connectivity index (χ1v) is 8.33. The predicted molar refractivity (Wildman–Crippen MR) is 85.3 cm³/mol. The molecule has 2 saturated heterocycles. The minimum atomic E-state index is 0.0387. The molecule has 0 saturated carbocycles. The van der Waals surface area contributed by atoms with Crippen LogP contribution >= 0.6 is 0 Å². The van der Waals surface area contributed by atoms with Gasteiger partial charge >= 0.3 is 0 Å². The summed E-state index contributed by atoms with van der Waals surface area (Å²) in [5, 5.41) is 0. The minimum absolute atomic E-state index is 0.0387. The van der Waals surface area contributed by atoms with Gasteiger partial charge in [0, 0.05) is 19.6 Å². The summed E-state index contributed by atoms with van der Waals surface area (Å²) in [6.07, 6.45) is 4.79. The Balaban J connectivity index is 1.59. The number of hydrogen-bond donors (Lipinski definition) is 0. The van der Waals surface area contributed by atoms with Crippen molar-refractivity contribution in [3.05, 3.63) is 35.9 Å². The van der Waals surface area contributed by atoms with E-state index < -0.39 is 0 Å². The molecular formula is C18H26N2O. The number of hydrogen-bond acceptors (Lipinski definition) is 2. The monoisotopic (exact) mass is 286 g/mol. The van der Waals surface area contributed by atoms with Crippen LogP contribution in [0.2, 0.25) is 0 Å². The van der Waals surface area contributed by atoms with Crippen LogP contribution in [0.1, 0.15) is 44.1 Å². The van der Waals surface area contributed by atoms with Crippen LogP contribution in [-0.2, 0) is 4.79 Å². The Morgan fingerprint density at radius 2 is 1.81 bits per heavy atom. The molecule has 2 aliphatic heterocycles. The Bertz CT molecular complexity index is 467. The normalized spacial score (nSPS) is 25.0. The molecule has 2 aliphatic rings. The van der Waals surface area contributed by atoms with Crippen molar-refractivity contribution < 1.29 is 4.79 Å². The Morgan fingerprint density at radius 3 is 2.52 bits per heavy atom. The van der Waals surface area contributed by atoms with E-state index in [1.807, 2.05) is 0 Å². The second-order valence-corrected chi connectivity index (χ2v) is 6.45. The molecule has 1 aromatic carbocycles. The standard InChI is InChI=1S/C18H26N2O/c1-15(18(21)19-11-6-3-7-12-19)20-13-10-17(14-20)16-8-4-2-5-9-16/h2,4-5,8-9,15,17H,3,6-7,10-14H2,1H3/t15-,17-/m1/s1. The molecule has 0 N–H and O–H groups in total. The lowest BCUT2D eigenvalue weighted by Gasteiger charge is -2.32. The van der Waals surface area contributed by atoms with E-state index in [2.05, 4.69) is 47.1 Å². The van der Waals surface area contributed by atoms with Crippen molar-refractivity contribution in [1.82, 2.24) is 9.80 Å². The smallest absolute Gasteiger partial charge is 0.239 e. The average molecular weight is 286 g/mol. The van der Waals surface area contributed by atoms with Gasteiger partial charge in [0.05, 0.1) is 6.04 Å². The van der Waals surface area contributed by atoms with Crippen molar-refractivity contribution in [2.75, 3.05) is 26.2 Å². The number of amides is 1. The van der Waals surface area contributed by atoms with Crippen LogP contribution in [0, 0.1) is 0 Å². The van der Waals surface area contributed by atoms with Crippen LogP contribution in [-0.4, -0.2) is 47.9 Å². The van der Waals surface area contributed by atoms with Crippen molar-refractivity contribution in [2.45, 2.75) is 44.6 Å². The summed E-state index contributed by atoms with van der Waals surface area (Å²) in [7, 11) is 0. The average Bonchev–Trinajstić information content (AvgIpc) is 3.05. The first-order valence-electron chi connectivity index (χ1n) is 8.33. The number of likely N-dealkylation sites (tertiary alicyclic amines) is 2. The van der Waals surface area contributed by atoms with Gasteiger partial charge in [-0.2, -0.15) is 0 Å². The second kappa shape index (κ2) is 6.61. The summed E-state index contributed by atoms with van der Waals surface area (Å²) in [6.45, 7) is 6.06. The summed E-state index contributed by atoms with van der Waals surface area (Å²) in [5.41, 5.74) is 1.41. The highest BCUT2D eigenvalue weighted by Gasteiger charge is 2.32. The molecule has 0 bridgehead atoms. The molecule has 3 rings (SSSR count). The lowest BCUT2D eigenvalue weighted by molar-refractivity contribution is -0.136. The maximum Gasteiger partial charge on any atom is 0.239 e. The van der Waals surface area contributed by atoms with Crippen LogP contribution in [0.3, 0.4) is 0 Å². The number of rotatable bonds is 3. The van der Waals surface area contributed by atoms with Gasteiger partial charge in [0.25, 0.3) is 0 Å². The van der Waals surface area contributed by atoms with Crippen LogP contribution in [0.15, 0.2) is 30.3 Å². The highest BCUT2D eigenvalue weighted by atomic mass is 16.2. The van der Waals surface area contributed by atoms with Crippen molar-refractivity contribution in [1.29, 1.82) is 0 Å². The maximum atomic E-state index is 12.6. The van der Waals surface area contributed by atoms with E-state index in [9.17, 15) is 4.79 Å². The molecule has 0 aliphatic carbocycles. The zero-order valence-corrected chi connectivity index (χ0v) is 13.0. The number of nitrogens with zero attached hydrogens (tertiary/aromatic N) is 2. The molecule has 0 unspecified atom stereocenters. The topological polar surface area (TPSA) is 23.6 Å². The van der Waals surface area contributed by atoms with Gasteiger partial charge in [-0.15, -0.1) is 0 Å². The molecule has 114 valence electrons. The maximum absolute atomic E-state index is 12.6. The van der Waals surface area contributed by atoms with E-state index in [0.29, 0.717) is 11.8 Å².